The first-order valence-electron chi connectivity index (χ1n) is 5.96. The summed E-state index contributed by atoms with van der Waals surface area (Å²) < 4.78 is 27.7. The molecule has 0 aliphatic rings. The smallest absolute Gasteiger partial charge is 0.232 e. The van der Waals surface area contributed by atoms with Crippen molar-refractivity contribution in [2.45, 2.75) is 52.6 Å². The van der Waals surface area contributed by atoms with Gasteiger partial charge in [0, 0.05) is 10.7 Å². The number of hydrogen-bond donors (Lipinski definition) is 0. The van der Waals surface area contributed by atoms with Crippen molar-refractivity contribution in [3.8, 4) is 0 Å². The van der Waals surface area contributed by atoms with Crippen LogP contribution < -0.4 is 0 Å². The molecular formula is C11H23ClO3S. The highest BCUT2D eigenvalue weighted by Gasteiger charge is 2.18. The second-order valence-electron chi connectivity index (χ2n) is 4.13. The Balaban J connectivity index is 4.12. The Morgan fingerprint density at radius 3 is 2.12 bits per heavy atom. The van der Waals surface area contributed by atoms with E-state index in [4.69, 9.17) is 15.4 Å². The lowest BCUT2D eigenvalue weighted by Crippen LogP contribution is -2.22. The third kappa shape index (κ3) is 8.36. The summed E-state index contributed by atoms with van der Waals surface area (Å²) in [6.07, 6.45) is 3.94. The van der Waals surface area contributed by atoms with Crippen LogP contribution in [0, 0.1) is 5.92 Å². The highest BCUT2D eigenvalue weighted by molar-refractivity contribution is 8.13. The Bertz CT molecular complexity index is 260. The van der Waals surface area contributed by atoms with Gasteiger partial charge in [0.05, 0.1) is 18.5 Å². The van der Waals surface area contributed by atoms with E-state index in [1.807, 2.05) is 6.92 Å². The Morgan fingerprint density at radius 1 is 1.19 bits per heavy atom. The average molecular weight is 271 g/mol. The molecule has 5 heteroatoms. The largest absolute Gasteiger partial charge is 0.378 e. The van der Waals surface area contributed by atoms with Crippen LogP contribution in [0.5, 0.6) is 0 Å². The fourth-order valence-electron chi connectivity index (χ4n) is 1.70. The first-order chi connectivity index (χ1) is 7.42. The lowest BCUT2D eigenvalue weighted by molar-refractivity contribution is 0.0271. The molecule has 0 saturated carbocycles. The van der Waals surface area contributed by atoms with Crippen molar-refractivity contribution in [3.05, 3.63) is 0 Å². The fourth-order valence-corrected chi connectivity index (χ4v) is 3.06. The predicted octanol–water partition coefficient (Wildman–Crippen LogP) is 3.18. The van der Waals surface area contributed by atoms with Crippen LogP contribution in [-0.2, 0) is 13.8 Å². The van der Waals surface area contributed by atoms with E-state index >= 15 is 0 Å². The van der Waals surface area contributed by atoms with Crippen molar-refractivity contribution in [2.75, 3.05) is 12.4 Å². The SMILES string of the molecule is CCCC(COC(CC)CC)CS(=O)(=O)Cl. The zero-order valence-corrected chi connectivity index (χ0v) is 12.0. The molecule has 16 heavy (non-hydrogen) atoms. The number of ether oxygens (including phenoxy) is 1. The van der Waals surface area contributed by atoms with E-state index in [1.165, 1.54) is 0 Å². The molecule has 0 aromatic heterocycles. The summed E-state index contributed by atoms with van der Waals surface area (Å²) >= 11 is 0. The summed E-state index contributed by atoms with van der Waals surface area (Å²) in [5.74, 6) is 0.0378. The summed E-state index contributed by atoms with van der Waals surface area (Å²) in [5, 5.41) is 0. The van der Waals surface area contributed by atoms with Crippen LogP contribution in [0.2, 0.25) is 0 Å². The van der Waals surface area contributed by atoms with Gasteiger partial charge in [-0.2, -0.15) is 0 Å². The summed E-state index contributed by atoms with van der Waals surface area (Å²) in [5.41, 5.74) is 0. The minimum atomic E-state index is -3.41. The molecule has 0 fully saturated rings. The van der Waals surface area contributed by atoms with E-state index in [0.717, 1.165) is 25.7 Å². The molecule has 1 atom stereocenters. The van der Waals surface area contributed by atoms with Gasteiger partial charge in [-0.25, -0.2) is 8.42 Å². The monoisotopic (exact) mass is 270 g/mol. The minimum absolute atomic E-state index is 0.0164. The summed E-state index contributed by atoms with van der Waals surface area (Å²) in [6.45, 7) is 6.67. The van der Waals surface area contributed by atoms with Crippen molar-refractivity contribution in [3.63, 3.8) is 0 Å². The molecular weight excluding hydrogens is 248 g/mol. The van der Waals surface area contributed by atoms with Gasteiger partial charge in [-0.05, 0) is 25.2 Å². The van der Waals surface area contributed by atoms with E-state index in [-0.39, 0.29) is 17.8 Å². The summed E-state index contributed by atoms with van der Waals surface area (Å²) in [4.78, 5) is 0. The van der Waals surface area contributed by atoms with Crippen LogP contribution in [0.4, 0.5) is 0 Å². The van der Waals surface area contributed by atoms with Crippen molar-refractivity contribution in [1.29, 1.82) is 0 Å². The molecule has 0 aromatic rings. The maximum atomic E-state index is 11.0. The quantitative estimate of drug-likeness (QED) is 0.605. The first kappa shape index (κ1) is 16.2. The van der Waals surface area contributed by atoms with Crippen LogP contribution in [0.1, 0.15) is 46.5 Å². The minimum Gasteiger partial charge on any atom is -0.378 e. The van der Waals surface area contributed by atoms with Gasteiger partial charge in [0.1, 0.15) is 0 Å². The maximum absolute atomic E-state index is 11.0. The molecule has 0 saturated heterocycles. The topological polar surface area (TPSA) is 43.4 Å². The van der Waals surface area contributed by atoms with E-state index in [0.29, 0.717) is 6.61 Å². The highest BCUT2D eigenvalue weighted by atomic mass is 35.7. The van der Waals surface area contributed by atoms with Crippen LogP contribution in [0.15, 0.2) is 0 Å². The molecule has 98 valence electrons. The Hall–Kier alpha value is 0.200. The molecule has 0 aromatic carbocycles. The fraction of sp³-hybridized carbons (Fsp3) is 1.00. The van der Waals surface area contributed by atoms with Crippen molar-refractivity contribution in [2.24, 2.45) is 5.92 Å². The number of halogens is 1. The second-order valence-corrected chi connectivity index (χ2v) is 6.95. The molecule has 0 heterocycles. The molecule has 0 amide bonds. The molecule has 0 spiro atoms. The Labute approximate surface area is 104 Å². The van der Waals surface area contributed by atoms with Gasteiger partial charge < -0.3 is 4.74 Å². The van der Waals surface area contributed by atoms with E-state index < -0.39 is 9.05 Å². The van der Waals surface area contributed by atoms with Crippen molar-refractivity contribution < 1.29 is 13.2 Å². The van der Waals surface area contributed by atoms with Crippen LogP contribution >= 0.6 is 10.7 Å². The van der Waals surface area contributed by atoms with Crippen LogP contribution in [0.3, 0.4) is 0 Å². The van der Waals surface area contributed by atoms with Gasteiger partial charge in [0.15, 0.2) is 0 Å². The van der Waals surface area contributed by atoms with E-state index in [9.17, 15) is 8.42 Å². The predicted molar refractivity (Wildman–Crippen MR) is 68.4 cm³/mol. The second kappa shape index (κ2) is 8.31. The van der Waals surface area contributed by atoms with Crippen LogP contribution in [0.25, 0.3) is 0 Å². The zero-order valence-electron chi connectivity index (χ0n) is 10.4. The molecule has 0 aliphatic carbocycles. The van der Waals surface area contributed by atoms with Gasteiger partial charge in [0.2, 0.25) is 9.05 Å². The Kier molecular flexibility index (Phi) is 8.42. The molecule has 3 nitrogen and oxygen atoms in total. The van der Waals surface area contributed by atoms with Crippen molar-refractivity contribution >= 4 is 19.7 Å². The average Bonchev–Trinajstić information content (AvgIpc) is 2.17. The van der Waals surface area contributed by atoms with Gasteiger partial charge in [0.25, 0.3) is 0 Å². The first-order valence-corrected chi connectivity index (χ1v) is 8.44. The maximum Gasteiger partial charge on any atom is 0.232 e. The standard InChI is InChI=1S/C11H23ClO3S/c1-4-7-10(9-16(12,13)14)8-15-11(5-2)6-3/h10-11H,4-9H2,1-3H3. The van der Waals surface area contributed by atoms with Gasteiger partial charge in [-0.15, -0.1) is 0 Å². The van der Waals surface area contributed by atoms with Gasteiger partial charge in [-0.1, -0.05) is 27.2 Å². The normalized spacial score (nSPS) is 14.3. The van der Waals surface area contributed by atoms with Gasteiger partial charge >= 0.3 is 0 Å². The lowest BCUT2D eigenvalue weighted by atomic mass is 10.1. The number of rotatable bonds is 9. The highest BCUT2D eigenvalue weighted by Crippen LogP contribution is 2.15. The summed E-state index contributed by atoms with van der Waals surface area (Å²) in [6, 6.07) is 0. The zero-order chi connectivity index (χ0) is 12.6. The number of hydrogen-bond acceptors (Lipinski definition) is 3. The Morgan fingerprint density at radius 2 is 1.75 bits per heavy atom. The molecule has 0 aliphatic heterocycles. The van der Waals surface area contributed by atoms with E-state index in [2.05, 4.69) is 13.8 Å². The summed E-state index contributed by atoms with van der Waals surface area (Å²) in [7, 11) is 1.85. The molecule has 1 unspecified atom stereocenters. The van der Waals surface area contributed by atoms with Crippen molar-refractivity contribution in [1.82, 2.24) is 0 Å². The lowest BCUT2D eigenvalue weighted by Gasteiger charge is -2.19. The van der Waals surface area contributed by atoms with Crippen LogP contribution in [-0.4, -0.2) is 26.9 Å². The van der Waals surface area contributed by atoms with Gasteiger partial charge in [-0.3, -0.25) is 0 Å². The third-order valence-corrected chi connectivity index (χ3v) is 3.86. The third-order valence-electron chi connectivity index (χ3n) is 2.61. The molecule has 0 N–H and O–H groups in total. The molecule has 0 bridgehead atoms. The molecule has 0 rings (SSSR count). The van der Waals surface area contributed by atoms with E-state index in [1.54, 1.807) is 0 Å². The molecule has 0 radical (unpaired) electrons.